The van der Waals surface area contributed by atoms with Crippen LogP contribution in [0, 0.1) is 6.92 Å². The number of aromatic nitrogens is 1. The number of hydrogen-bond donors (Lipinski definition) is 0. The Morgan fingerprint density at radius 2 is 1.86 bits per heavy atom. The van der Waals surface area contributed by atoms with Crippen LogP contribution in [0.15, 0.2) is 69.9 Å². The van der Waals surface area contributed by atoms with E-state index < -0.39 is 11.9 Å². The van der Waals surface area contributed by atoms with Crippen LogP contribution >= 0.6 is 0 Å². The van der Waals surface area contributed by atoms with E-state index in [-0.39, 0.29) is 11.2 Å². The number of para-hydroxylation sites is 1. The highest BCUT2D eigenvalue weighted by Crippen LogP contribution is 2.42. The number of anilines is 1. The van der Waals surface area contributed by atoms with Crippen LogP contribution in [0.4, 0.5) is 5.82 Å². The van der Waals surface area contributed by atoms with E-state index in [1.54, 1.807) is 37.4 Å². The Labute approximate surface area is 202 Å². The number of benzene rings is 2. The molecule has 1 aliphatic heterocycles. The summed E-state index contributed by atoms with van der Waals surface area (Å²) in [5.41, 5.74) is 1.88. The highest BCUT2D eigenvalue weighted by molar-refractivity contribution is 6.10. The number of aryl methyl sites for hydroxylation is 1. The van der Waals surface area contributed by atoms with E-state index in [0.717, 1.165) is 18.5 Å². The lowest BCUT2D eigenvalue weighted by Crippen LogP contribution is -2.30. The van der Waals surface area contributed by atoms with Gasteiger partial charge in [0.1, 0.15) is 11.4 Å². The summed E-state index contributed by atoms with van der Waals surface area (Å²) < 4.78 is 17.5. The van der Waals surface area contributed by atoms with Gasteiger partial charge in [-0.3, -0.25) is 14.5 Å². The fraction of sp³-hybridized carbons (Fsp3) is 0.250. The summed E-state index contributed by atoms with van der Waals surface area (Å²) in [7, 11) is 1.57. The van der Waals surface area contributed by atoms with Gasteiger partial charge in [-0.25, -0.2) is 4.98 Å². The van der Waals surface area contributed by atoms with Crippen molar-refractivity contribution in [3.8, 4) is 11.5 Å². The first-order valence-corrected chi connectivity index (χ1v) is 11.7. The van der Waals surface area contributed by atoms with Crippen molar-refractivity contribution in [1.82, 2.24) is 4.98 Å². The third-order valence-electron chi connectivity index (χ3n) is 6.16. The zero-order chi connectivity index (χ0) is 24.5. The van der Waals surface area contributed by atoms with Gasteiger partial charge in [0.05, 0.1) is 30.7 Å². The molecule has 4 aromatic rings. The minimum Gasteiger partial charge on any atom is -0.493 e. The monoisotopic (exact) mass is 470 g/mol. The molecule has 0 unspecified atom stereocenters. The molecule has 178 valence electrons. The van der Waals surface area contributed by atoms with Crippen molar-refractivity contribution >= 4 is 22.7 Å². The molecule has 2 aromatic heterocycles. The maximum absolute atomic E-state index is 13.7. The number of pyridine rings is 1. The number of fused-ring (bicyclic) bond motifs is 2. The molecule has 0 saturated carbocycles. The van der Waals surface area contributed by atoms with Crippen molar-refractivity contribution in [2.24, 2.45) is 0 Å². The molecule has 0 saturated heterocycles. The predicted octanol–water partition coefficient (Wildman–Crippen LogP) is 5.43. The van der Waals surface area contributed by atoms with E-state index in [0.29, 0.717) is 46.0 Å². The summed E-state index contributed by atoms with van der Waals surface area (Å²) in [6.07, 6.45) is 1.94. The van der Waals surface area contributed by atoms with Gasteiger partial charge in [-0.1, -0.05) is 37.6 Å². The molecule has 2 aromatic carbocycles. The van der Waals surface area contributed by atoms with Crippen molar-refractivity contribution in [3.05, 3.63) is 93.5 Å². The van der Waals surface area contributed by atoms with E-state index in [1.807, 2.05) is 37.3 Å². The van der Waals surface area contributed by atoms with E-state index in [9.17, 15) is 9.59 Å². The number of unbranched alkanes of at least 4 members (excludes halogenated alkanes) is 1. The molecular formula is C28H26N2O5. The Hall–Kier alpha value is -4.13. The van der Waals surface area contributed by atoms with Crippen LogP contribution in [-0.2, 0) is 0 Å². The number of amides is 1. The summed E-state index contributed by atoms with van der Waals surface area (Å²) in [5, 5.41) is 0.426. The molecule has 0 aliphatic carbocycles. The number of ether oxygens (including phenoxy) is 2. The Kier molecular flexibility index (Phi) is 5.99. The number of carbonyl (C=O) groups excluding carboxylic acids is 1. The minimum absolute atomic E-state index is 0.0317. The average Bonchev–Trinajstić information content (AvgIpc) is 3.17. The van der Waals surface area contributed by atoms with Crippen LogP contribution in [-0.4, -0.2) is 24.6 Å². The molecule has 1 aliphatic rings. The number of carbonyl (C=O) groups is 1. The third-order valence-corrected chi connectivity index (χ3v) is 6.16. The maximum Gasteiger partial charge on any atom is 0.296 e. The first-order valence-electron chi connectivity index (χ1n) is 11.7. The maximum atomic E-state index is 13.7. The Morgan fingerprint density at radius 3 is 2.63 bits per heavy atom. The van der Waals surface area contributed by atoms with Crippen LogP contribution < -0.4 is 19.8 Å². The topological polar surface area (TPSA) is 81.9 Å². The highest BCUT2D eigenvalue weighted by Gasteiger charge is 2.44. The summed E-state index contributed by atoms with van der Waals surface area (Å²) in [6.45, 7) is 4.53. The van der Waals surface area contributed by atoms with Crippen LogP contribution in [0.1, 0.15) is 53.2 Å². The summed E-state index contributed by atoms with van der Waals surface area (Å²) >= 11 is 0. The lowest BCUT2D eigenvalue weighted by atomic mass is 9.98. The van der Waals surface area contributed by atoms with Gasteiger partial charge in [0.15, 0.2) is 16.9 Å². The standard InChI is InChI=1S/C28H26N2O5/c1-4-5-15-34-21-14-13-18(16-22(21)33-3)25-24-26(31)19-10-6-7-11-20(19)35-27(24)28(32)30(25)23-12-8-9-17(2)29-23/h6-14,16,25H,4-5,15H2,1-3H3/t25-/m0/s1. The lowest BCUT2D eigenvalue weighted by molar-refractivity contribution is 0.0970. The molecule has 1 atom stereocenters. The predicted molar refractivity (Wildman–Crippen MR) is 134 cm³/mol. The molecule has 7 heteroatoms. The quantitative estimate of drug-likeness (QED) is 0.335. The van der Waals surface area contributed by atoms with Gasteiger partial charge in [0.2, 0.25) is 5.76 Å². The highest BCUT2D eigenvalue weighted by atomic mass is 16.5. The van der Waals surface area contributed by atoms with E-state index >= 15 is 0 Å². The minimum atomic E-state index is -0.730. The molecule has 0 spiro atoms. The number of hydrogen-bond acceptors (Lipinski definition) is 6. The molecular weight excluding hydrogens is 444 g/mol. The number of methoxy groups -OCH3 is 1. The first kappa shape index (κ1) is 22.7. The van der Waals surface area contributed by atoms with Crippen molar-refractivity contribution in [2.75, 3.05) is 18.6 Å². The Morgan fingerprint density at radius 1 is 1.03 bits per heavy atom. The van der Waals surface area contributed by atoms with Gasteiger partial charge >= 0.3 is 0 Å². The summed E-state index contributed by atoms with van der Waals surface area (Å²) in [5.74, 6) is 1.20. The SMILES string of the molecule is CCCCOc1ccc([C@H]2c3c(oc4ccccc4c3=O)C(=O)N2c2cccc(C)n2)cc1OC. The smallest absolute Gasteiger partial charge is 0.296 e. The van der Waals surface area contributed by atoms with Gasteiger partial charge in [-0.2, -0.15) is 0 Å². The second kappa shape index (κ2) is 9.25. The third kappa shape index (κ3) is 3.93. The molecule has 35 heavy (non-hydrogen) atoms. The average molecular weight is 471 g/mol. The Bertz CT molecular complexity index is 1480. The molecule has 0 fully saturated rings. The fourth-order valence-electron chi connectivity index (χ4n) is 4.43. The van der Waals surface area contributed by atoms with Crippen LogP contribution in [0.5, 0.6) is 11.5 Å². The molecule has 0 N–H and O–H groups in total. The fourth-order valence-corrected chi connectivity index (χ4v) is 4.43. The first-order chi connectivity index (χ1) is 17.0. The van der Waals surface area contributed by atoms with Gasteiger partial charge in [-0.05, 0) is 55.3 Å². The zero-order valence-corrected chi connectivity index (χ0v) is 19.9. The second-order valence-electron chi connectivity index (χ2n) is 8.50. The molecule has 1 amide bonds. The van der Waals surface area contributed by atoms with Crippen molar-refractivity contribution in [1.29, 1.82) is 0 Å². The zero-order valence-electron chi connectivity index (χ0n) is 19.9. The van der Waals surface area contributed by atoms with Crippen molar-refractivity contribution < 1.29 is 18.7 Å². The van der Waals surface area contributed by atoms with Crippen LogP contribution in [0.2, 0.25) is 0 Å². The summed E-state index contributed by atoms with van der Waals surface area (Å²) in [4.78, 5) is 33.5. The molecule has 5 rings (SSSR count). The molecule has 0 bridgehead atoms. The lowest BCUT2D eigenvalue weighted by Gasteiger charge is -2.25. The second-order valence-corrected chi connectivity index (χ2v) is 8.50. The molecule has 3 heterocycles. The normalized spacial score (nSPS) is 14.9. The summed E-state index contributed by atoms with van der Waals surface area (Å²) in [6, 6.07) is 17.2. The van der Waals surface area contributed by atoms with Crippen LogP contribution in [0.25, 0.3) is 11.0 Å². The van der Waals surface area contributed by atoms with Gasteiger partial charge in [0, 0.05) is 5.69 Å². The van der Waals surface area contributed by atoms with Gasteiger partial charge < -0.3 is 13.9 Å². The van der Waals surface area contributed by atoms with Crippen molar-refractivity contribution in [2.45, 2.75) is 32.7 Å². The van der Waals surface area contributed by atoms with E-state index in [1.165, 1.54) is 4.90 Å². The molecule has 0 radical (unpaired) electrons. The molecule has 7 nitrogen and oxygen atoms in total. The number of nitrogens with zero attached hydrogens (tertiary/aromatic N) is 2. The van der Waals surface area contributed by atoms with E-state index in [2.05, 4.69) is 11.9 Å². The van der Waals surface area contributed by atoms with Crippen molar-refractivity contribution in [3.63, 3.8) is 0 Å². The number of rotatable bonds is 7. The van der Waals surface area contributed by atoms with Gasteiger partial charge in [-0.15, -0.1) is 0 Å². The Balaban J connectivity index is 1.71. The largest absolute Gasteiger partial charge is 0.493 e. The van der Waals surface area contributed by atoms with Crippen LogP contribution in [0.3, 0.4) is 0 Å². The van der Waals surface area contributed by atoms with Gasteiger partial charge in [0.25, 0.3) is 5.91 Å². The van der Waals surface area contributed by atoms with E-state index in [4.69, 9.17) is 13.9 Å².